The number of benzene rings is 1. The Kier molecular flexibility index (Phi) is 2.15. The number of nitrogens with zero attached hydrogens (tertiary/aromatic N) is 1. The number of rotatable bonds is 1. The standard InChI is InChI=1S/C17H22N/c1-13-12-15(10-11-18(13)5)14-6-8-16(9-7-14)17(2,3)4/h6-12H,1-5H3/q+1/i6D,7D,8D,9D. The van der Waals surface area contributed by atoms with Gasteiger partial charge in [0.15, 0.2) is 11.9 Å². The lowest BCUT2D eigenvalue weighted by atomic mass is 9.86. The molecule has 1 aromatic carbocycles. The third-order valence-corrected chi connectivity index (χ3v) is 3.06. The molecule has 0 unspecified atom stereocenters. The highest BCUT2D eigenvalue weighted by molar-refractivity contribution is 5.63. The fourth-order valence-electron chi connectivity index (χ4n) is 1.67. The Labute approximate surface area is 116 Å². The van der Waals surface area contributed by atoms with Crippen LogP contribution in [0.4, 0.5) is 0 Å². The number of pyridine rings is 1. The van der Waals surface area contributed by atoms with Gasteiger partial charge < -0.3 is 0 Å². The van der Waals surface area contributed by atoms with Crippen LogP contribution in [0.25, 0.3) is 11.1 Å². The molecule has 0 radical (unpaired) electrons. The van der Waals surface area contributed by atoms with Crippen molar-refractivity contribution in [3.63, 3.8) is 0 Å². The molecule has 1 nitrogen and oxygen atoms in total. The predicted octanol–water partition coefficient (Wildman–Crippen LogP) is 3.78. The zero-order valence-corrected chi connectivity index (χ0v) is 11.7. The first-order chi connectivity index (χ1) is 10.1. The molecule has 1 heteroatoms. The topological polar surface area (TPSA) is 3.88 Å². The maximum atomic E-state index is 8.32. The third-order valence-electron chi connectivity index (χ3n) is 3.06. The van der Waals surface area contributed by atoms with Crippen molar-refractivity contribution in [1.29, 1.82) is 0 Å². The highest BCUT2D eigenvalue weighted by atomic mass is 14.9. The van der Waals surface area contributed by atoms with Gasteiger partial charge in [0, 0.05) is 19.1 Å². The summed E-state index contributed by atoms with van der Waals surface area (Å²) in [6.07, 6.45) is 1.87. The van der Waals surface area contributed by atoms with Crippen molar-refractivity contribution in [2.75, 3.05) is 0 Å². The average Bonchev–Trinajstić information content (AvgIpc) is 2.39. The van der Waals surface area contributed by atoms with Gasteiger partial charge in [-0.1, -0.05) is 44.9 Å². The molecule has 0 saturated carbocycles. The molecule has 1 heterocycles. The Bertz CT molecular complexity index is 716. The second-order valence-electron chi connectivity index (χ2n) is 5.67. The minimum atomic E-state index is -0.433. The Morgan fingerprint density at radius 2 is 1.67 bits per heavy atom. The summed E-state index contributed by atoms with van der Waals surface area (Å²) in [5, 5.41) is 0. The van der Waals surface area contributed by atoms with Crippen molar-refractivity contribution in [3.05, 3.63) is 53.8 Å². The molecule has 2 aromatic rings. The van der Waals surface area contributed by atoms with Crippen molar-refractivity contribution < 1.29 is 10.1 Å². The molecule has 18 heavy (non-hydrogen) atoms. The van der Waals surface area contributed by atoms with Gasteiger partial charge in [-0.25, -0.2) is 4.57 Å². The van der Waals surface area contributed by atoms with Gasteiger partial charge in [-0.05, 0) is 22.1 Å². The van der Waals surface area contributed by atoms with Gasteiger partial charge in [0.25, 0.3) is 0 Å². The SMILES string of the molecule is [2H]c1c([2H])c(C(C)(C)C)c([2H])c([2H])c1-c1cc[n+](C)c(C)c1. The maximum absolute atomic E-state index is 8.32. The smallest absolute Gasteiger partial charge is 0.178 e. The molecule has 94 valence electrons. The van der Waals surface area contributed by atoms with Crippen LogP contribution in [0.3, 0.4) is 0 Å². The van der Waals surface area contributed by atoms with Crippen LogP contribution < -0.4 is 4.57 Å². The molecule has 0 aliphatic carbocycles. The quantitative estimate of drug-likeness (QED) is 0.672. The largest absolute Gasteiger partial charge is 0.205 e. The van der Waals surface area contributed by atoms with E-state index in [1.165, 1.54) is 0 Å². The van der Waals surface area contributed by atoms with E-state index < -0.39 is 5.41 Å². The van der Waals surface area contributed by atoms with Crippen molar-refractivity contribution >= 4 is 0 Å². The van der Waals surface area contributed by atoms with E-state index in [-0.39, 0.29) is 24.2 Å². The van der Waals surface area contributed by atoms with Crippen molar-refractivity contribution in [3.8, 4) is 11.1 Å². The molecule has 0 saturated heterocycles. The summed E-state index contributed by atoms with van der Waals surface area (Å²) >= 11 is 0. The van der Waals surface area contributed by atoms with E-state index >= 15 is 0 Å². The predicted molar refractivity (Wildman–Crippen MR) is 76.5 cm³/mol. The van der Waals surface area contributed by atoms with Crippen LogP contribution in [0.5, 0.6) is 0 Å². The molecule has 0 bridgehead atoms. The lowest BCUT2D eigenvalue weighted by Crippen LogP contribution is -2.30. The third kappa shape index (κ3) is 2.61. The van der Waals surface area contributed by atoms with Crippen LogP contribution in [-0.2, 0) is 12.5 Å². The molecule has 0 atom stereocenters. The van der Waals surface area contributed by atoms with Crippen LogP contribution in [-0.4, -0.2) is 0 Å². The molecule has 0 aliphatic rings. The molecular weight excluding hydrogens is 218 g/mol. The highest BCUT2D eigenvalue weighted by Gasteiger charge is 2.13. The molecule has 2 rings (SSSR count). The van der Waals surface area contributed by atoms with E-state index in [2.05, 4.69) is 0 Å². The molecule has 0 fully saturated rings. The summed E-state index contributed by atoms with van der Waals surface area (Å²) in [5.74, 6) is 0. The Morgan fingerprint density at radius 1 is 1.06 bits per heavy atom. The van der Waals surface area contributed by atoms with Crippen molar-refractivity contribution in [2.45, 2.75) is 33.1 Å². The second kappa shape index (κ2) is 4.56. The Balaban J connectivity index is 2.82. The normalized spacial score (nSPS) is 14.7. The summed E-state index contributed by atoms with van der Waals surface area (Å²) in [4.78, 5) is 0. The number of hydrogen-bond donors (Lipinski definition) is 0. The fourth-order valence-corrected chi connectivity index (χ4v) is 1.67. The summed E-state index contributed by atoms with van der Waals surface area (Å²) in [6, 6.07) is 3.87. The zero-order valence-electron chi connectivity index (χ0n) is 15.7. The first-order valence-corrected chi connectivity index (χ1v) is 6.13. The Morgan fingerprint density at radius 3 is 2.17 bits per heavy atom. The Hall–Kier alpha value is -1.63. The van der Waals surface area contributed by atoms with Crippen LogP contribution >= 0.6 is 0 Å². The molecular formula is C17H22N+. The molecule has 0 amide bonds. The minimum absolute atomic E-state index is 0.0270. The number of aromatic nitrogens is 1. The summed E-state index contributed by atoms with van der Waals surface area (Å²) in [7, 11) is 1.93. The molecule has 0 spiro atoms. The monoisotopic (exact) mass is 244 g/mol. The first-order valence-electron chi connectivity index (χ1n) is 8.13. The van der Waals surface area contributed by atoms with Gasteiger partial charge in [-0.2, -0.15) is 0 Å². The van der Waals surface area contributed by atoms with Crippen molar-refractivity contribution in [2.24, 2.45) is 7.05 Å². The lowest BCUT2D eigenvalue weighted by Gasteiger charge is -2.19. The van der Waals surface area contributed by atoms with Crippen molar-refractivity contribution in [1.82, 2.24) is 0 Å². The van der Waals surface area contributed by atoms with E-state index in [0.717, 1.165) is 5.69 Å². The minimum Gasteiger partial charge on any atom is -0.205 e. The zero-order chi connectivity index (χ0) is 16.8. The second-order valence-corrected chi connectivity index (χ2v) is 5.67. The van der Waals surface area contributed by atoms with E-state index in [4.69, 9.17) is 5.48 Å². The molecule has 0 aliphatic heterocycles. The van der Waals surface area contributed by atoms with E-state index in [0.29, 0.717) is 16.7 Å². The van der Waals surface area contributed by atoms with Gasteiger partial charge >= 0.3 is 0 Å². The van der Waals surface area contributed by atoms with Crippen LogP contribution in [0.1, 0.15) is 37.5 Å². The van der Waals surface area contributed by atoms with Crippen LogP contribution in [0.15, 0.2) is 42.5 Å². The highest BCUT2D eigenvalue weighted by Crippen LogP contribution is 2.25. The van der Waals surface area contributed by atoms with E-state index in [9.17, 15) is 0 Å². The molecule has 1 aromatic heterocycles. The number of aryl methyl sites for hydroxylation is 2. The summed E-state index contributed by atoms with van der Waals surface area (Å²) in [6.45, 7) is 7.67. The van der Waals surface area contributed by atoms with Gasteiger partial charge in [0.05, 0.1) is 5.48 Å². The lowest BCUT2D eigenvalue weighted by molar-refractivity contribution is -0.677. The molecule has 0 N–H and O–H groups in total. The van der Waals surface area contributed by atoms with Crippen LogP contribution in [0, 0.1) is 6.92 Å². The number of hydrogen-bond acceptors (Lipinski definition) is 0. The summed E-state index contributed by atoms with van der Waals surface area (Å²) < 4.78 is 35.1. The van der Waals surface area contributed by atoms with E-state index in [1.807, 2.05) is 57.6 Å². The summed E-state index contributed by atoms with van der Waals surface area (Å²) in [5.41, 5.74) is 2.11. The first kappa shape index (κ1) is 8.47. The van der Waals surface area contributed by atoms with Gasteiger partial charge in [-0.3, -0.25) is 0 Å². The average molecular weight is 244 g/mol. The van der Waals surface area contributed by atoms with Gasteiger partial charge in [-0.15, -0.1) is 0 Å². The fraction of sp³-hybridized carbons (Fsp3) is 0.353. The van der Waals surface area contributed by atoms with Crippen LogP contribution in [0.2, 0.25) is 0 Å². The van der Waals surface area contributed by atoms with Gasteiger partial charge in [0.2, 0.25) is 0 Å². The van der Waals surface area contributed by atoms with Gasteiger partial charge in [0.1, 0.15) is 7.05 Å². The maximum Gasteiger partial charge on any atom is 0.178 e. The van der Waals surface area contributed by atoms with E-state index in [1.54, 1.807) is 0 Å².